The molecule has 0 aliphatic rings. The second-order valence-corrected chi connectivity index (χ2v) is 4.31. The Bertz CT molecular complexity index is 510. The quantitative estimate of drug-likeness (QED) is 0.811. The number of oxazole rings is 1. The van der Waals surface area contributed by atoms with Crippen molar-refractivity contribution in [1.82, 2.24) is 4.98 Å². The Morgan fingerprint density at radius 1 is 1.18 bits per heavy atom. The molecule has 0 aliphatic carbocycles. The molecule has 0 bridgehead atoms. The fraction of sp³-hybridized carbons (Fsp3) is 0.357. The van der Waals surface area contributed by atoms with Crippen molar-refractivity contribution in [2.24, 2.45) is 0 Å². The van der Waals surface area contributed by atoms with Gasteiger partial charge in [-0.3, -0.25) is 0 Å². The molecule has 0 radical (unpaired) electrons. The molecule has 0 atom stereocenters. The van der Waals surface area contributed by atoms with E-state index in [-0.39, 0.29) is 0 Å². The highest BCUT2D eigenvalue weighted by Gasteiger charge is 2.07. The van der Waals surface area contributed by atoms with Crippen molar-refractivity contribution >= 4 is 0 Å². The molecular formula is C14H17NO2. The number of hydrogen-bond acceptors (Lipinski definition) is 3. The fourth-order valence-electron chi connectivity index (χ4n) is 1.70. The van der Waals surface area contributed by atoms with E-state index in [0.29, 0.717) is 12.5 Å². The lowest BCUT2D eigenvalue weighted by molar-refractivity contribution is 0.259. The molecule has 17 heavy (non-hydrogen) atoms. The van der Waals surface area contributed by atoms with Crippen LogP contribution in [0, 0.1) is 27.7 Å². The molecule has 0 saturated carbocycles. The van der Waals surface area contributed by atoms with Crippen LogP contribution in [0.2, 0.25) is 0 Å². The molecule has 2 rings (SSSR count). The van der Waals surface area contributed by atoms with E-state index in [1.54, 1.807) is 0 Å². The second kappa shape index (κ2) is 4.62. The first-order valence-electron chi connectivity index (χ1n) is 5.69. The number of aromatic nitrogens is 1. The van der Waals surface area contributed by atoms with Crippen LogP contribution in [0.1, 0.15) is 28.5 Å². The van der Waals surface area contributed by atoms with Crippen molar-refractivity contribution in [1.29, 1.82) is 0 Å². The first kappa shape index (κ1) is 11.7. The van der Waals surface area contributed by atoms with Crippen molar-refractivity contribution in [3.05, 3.63) is 46.7 Å². The van der Waals surface area contributed by atoms with Crippen molar-refractivity contribution < 1.29 is 9.15 Å². The Labute approximate surface area is 101 Å². The standard InChI is InChI=1S/C14H17NO2/c1-9-5-6-13(10(2)7-9)16-8-14-15-11(3)12(4)17-14/h5-7H,8H2,1-4H3. The van der Waals surface area contributed by atoms with Gasteiger partial charge in [-0.2, -0.15) is 0 Å². The largest absolute Gasteiger partial charge is 0.484 e. The average Bonchev–Trinajstić information content (AvgIpc) is 2.57. The van der Waals surface area contributed by atoms with Crippen LogP contribution < -0.4 is 4.74 Å². The number of rotatable bonds is 3. The van der Waals surface area contributed by atoms with Gasteiger partial charge in [-0.1, -0.05) is 17.7 Å². The lowest BCUT2D eigenvalue weighted by atomic mass is 10.1. The summed E-state index contributed by atoms with van der Waals surface area (Å²) < 4.78 is 11.2. The molecule has 1 aromatic carbocycles. The fourth-order valence-corrected chi connectivity index (χ4v) is 1.70. The average molecular weight is 231 g/mol. The minimum Gasteiger partial charge on any atom is -0.484 e. The van der Waals surface area contributed by atoms with E-state index < -0.39 is 0 Å². The van der Waals surface area contributed by atoms with Gasteiger partial charge in [0.1, 0.15) is 11.5 Å². The third kappa shape index (κ3) is 2.67. The SMILES string of the molecule is Cc1ccc(OCc2nc(C)c(C)o2)c(C)c1. The molecule has 90 valence electrons. The van der Waals surface area contributed by atoms with Gasteiger partial charge in [-0.15, -0.1) is 0 Å². The first-order chi connectivity index (χ1) is 8.06. The molecule has 0 aliphatic heterocycles. The van der Waals surface area contributed by atoms with Gasteiger partial charge in [0.15, 0.2) is 6.61 Å². The number of nitrogens with zero attached hydrogens (tertiary/aromatic N) is 1. The summed E-state index contributed by atoms with van der Waals surface area (Å²) >= 11 is 0. The zero-order valence-corrected chi connectivity index (χ0v) is 10.7. The summed E-state index contributed by atoms with van der Waals surface area (Å²) in [7, 11) is 0. The normalized spacial score (nSPS) is 10.6. The molecule has 0 saturated heterocycles. The monoisotopic (exact) mass is 231 g/mol. The topological polar surface area (TPSA) is 35.3 Å². The molecule has 0 spiro atoms. The Morgan fingerprint density at radius 2 is 1.94 bits per heavy atom. The Kier molecular flexibility index (Phi) is 3.18. The van der Waals surface area contributed by atoms with Crippen molar-refractivity contribution in [2.45, 2.75) is 34.3 Å². The highest BCUT2D eigenvalue weighted by molar-refractivity contribution is 5.35. The molecule has 0 unspecified atom stereocenters. The number of hydrogen-bond donors (Lipinski definition) is 0. The second-order valence-electron chi connectivity index (χ2n) is 4.31. The third-order valence-electron chi connectivity index (χ3n) is 2.75. The molecule has 1 heterocycles. The Hall–Kier alpha value is -1.77. The lowest BCUT2D eigenvalue weighted by Crippen LogP contribution is -1.97. The molecule has 1 aromatic heterocycles. The summed E-state index contributed by atoms with van der Waals surface area (Å²) in [6, 6.07) is 6.11. The van der Waals surface area contributed by atoms with E-state index in [4.69, 9.17) is 9.15 Å². The maximum absolute atomic E-state index is 5.69. The Balaban J connectivity index is 2.07. The van der Waals surface area contributed by atoms with Gasteiger partial charge in [0.2, 0.25) is 5.89 Å². The van der Waals surface area contributed by atoms with Crippen LogP contribution in [-0.2, 0) is 6.61 Å². The van der Waals surface area contributed by atoms with Crippen LogP contribution in [-0.4, -0.2) is 4.98 Å². The van der Waals surface area contributed by atoms with Gasteiger partial charge in [-0.25, -0.2) is 4.98 Å². The number of ether oxygens (including phenoxy) is 1. The minimum absolute atomic E-state index is 0.374. The van der Waals surface area contributed by atoms with Gasteiger partial charge in [0.25, 0.3) is 0 Å². The highest BCUT2D eigenvalue weighted by atomic mass is 16.5. The van der Waals surface area contributed by atoms with Crippen molar-refractivity contribution in [3.8, 4) is 5.75 Å². The van der Waals surface area contributed by atoms with Crippen LogP contribution in [0.3, 0.4) is 0 Å². The summed E-state index contributed by atoms with van der Waals surface area (Å²) in [6.07, 6.45) is 0. The summed E-state index contributed by atoms with van der Waals surface area (Å²) in [5.41, 5.74) is 3.28. The Morgan fingerprint density at radius 3 is 2.53 bits per heavy atom. The smallest absolute Gasteiger partial charge is 0.232 e. The van der Waals surface area contributed by atoms with E-state index in [2.05, 4.69) is 18.0 Å². The maximum atomic E-state index is 5.69. The zero-order chi connectivity index (χ0) is 12.4. The van der Waals surface area contributed by atoms with Crippen LogP contribution in [0.25, 0.3) is 0 Å². The van der Waals surface area contributed by atoms with E-state index >= 15 is 0 Å². The third-order valence-corrected chi connectivity index (χ3v) is 2.75. The van der Waals surface area contributed by atoms with Crippen molar-refractivity contribution in [2.75, 3.05) is 0 Å². The molecule has 3 nitrogen and oxygen atoms in total. The van der Waals surface area contributed by atoms with E-state index in [1.165, 1.54) is 5.56 Å². The van der Waals surface area contributed by atoms with Gasteiger partial charge in [-0.05, 0) is 39.3 Å². The lowest BCUT2D eigenvalue weighted by Gasteiger charge is -2.07. The van der Waals surface area contributed by atoms with Gasteiger partial charge in [0.05, 0.1) is 5.69 Å². The van der Waals surface area contributed by atoms with Crippen LogP contribution in [0.15, 0.2) is 22.6 Å². The summed E-state index contributed by atoms with van der Waals surface area (Å²) in [5.74, 6) is 2.35. The number of benzene rings is 1. The minimum atomic E-state index is 0.374. The summed E-state index contributed by atoms with van der Waals surface area (Å²) in [5, 5.41) is 0. The predicted molar refractivity (Wildman–Crippen MR) is 66.2 cm³/mol. The number of aryl methyl sites for hydroxylation is 4. The molecule has 0 amide bonds. The van der Waals surface area contributed by atoms with Crippen molar-refractivity contribution in [3.63, 3.8) is 0 Å². The van der Waals surface area contributed by atoms with Gasteiger partial charge >= 0.3 is 0 Å². The molecule has 2 aromatic rings. The predicted octanol–water partition coefficient (Wildman–Crippen LogP) is 3.49. The highest BCUT2D eigenvalue weighted by Crippen LogP contribution is 2.20. The van der Waals surface area contributed by atoms with Gasteiger partial charge < -0.3 is 9.15 Å². The molecule has 0 N–H and O–H groups in total. The van der Waals surface area contributed by atoms with Crippen LogP contribution in [0.4, 0.5) is 0 Å². The first-order valence-corrected chi connectivity index (χ1v) is 5.69. The summed E-state index contributed by atoms with van der Waals surface area (Å²) in [4.78, 5) is 4.28. The van der Waals surface area contributed by atoms with Gasteiger partial charge in [0, 0.05) is 0 Å². The van der Waals surface area contributed by atoms with Crippen LogP contribution >= 0.6 is 0 Å². The molecule has 0 fully saturated rings. The summed E-state index contributed by atoms with van der Waals surface area (Å²) in [6.45, 7) is 8.31. The molecule has 3 heteroatoms. The van der Waals surface area contributed by atoms with E-state index in [0.717, 1.165) is 22.8 Å². The van der Waals surface area contributed by atoms with E-state index in [9.17, 15) is 0 Å². The maximum Gasteiger partial charge on any atom is 0.232 e. The van der Waals surface area contributed by atoms with E-state index in [1.807, 2.05) is 32.9 Å². The zero-order valence-electron chi connectivity index (χ0n) is 10.7. The molecular weight excluding hydrogens is 214 g/mol. The van der Waals surface area contributed by atoms with Crippen LogP contribution in [0.5, 0.6) is 5.75 Å².